The molecule has 1 atom stereocenters. The maximum atomic E-state index is 4.27. The predicted molar refractivity (Wildman–Crippen MR) is 69.1 cm³/mol. The van der Waals surface area contributed by atoms with Gasteiger partial charge in [0, 0.05) is 18.0 Å². The first-order chi connectivity index (χ1) is 8.95. The smallest absolute Gasteiger partial charge is 0.0959 e. The molecule has 86 valence electrons. The minimum absolute atomic E-state index is 0.224. The molecule has 0 saturated heterocycles. The van der Waals surface area contributed by atoms with Crippen LogP contribution in [0.4, 0.5) is 0 Å². The summed E-state index contributed by atoms with van der Waals surface area (Å²) in [5, 5.41) is 0. The van der Waals surface area contributed by atoms with Gasteiger partial charge >= 0.3 is 0 Å². The maximum absolute atomic E-state index is 4.27. The average molecular weight is 233 g/mol. The maximum Gasteiger partial charge on any atom is 0.0959 e. The third-order valence-electron chi connectivity index (χ3n) is 3.50. The van der Waals surface area contributed by atoms with Crippen molar-refractivity contribution in [1.82, 2.24) is 14.5 Å². The van der Waals surface area contributed by atoms with Crippen molar-refractivity contribution in [3.05, 3.63) is 72.4 Å². The fourth-order valence-electron chi connectivity index (χ4n) is 2.72. The molecule has 3 heterocycles. The summed E-state index contributed by atoms with van der Waals surface area (Å²) in [6.45, 7) is 0. The van der Waals surface area contributed by atoms with Crippen molar-refractivity contribution in [2.75, 3.05) is 0 Å². The Bertz CT molecular complexity index is 701. The number of benzene rings is 1. The van der Waals surface area contributed by atoms with Crippen LogP contribution < -0.4 is 0 Å². The molecule has 0 aliphatic carbocycles. The van der Waals surface area contributed by atoms with Crippen molar-refractivity contribution in [2.24, 2.45) is 0 Å². The van der Waals surface area contributed by atoms with Gasteiger partial charge in [-0.25, -0.2) is 4.98 Å². The van der Waals surface area contributed by atoms with E-state index in [1.807, 2.05) is 24.9 Å². The molecular formula is C15H11N3. The Balaban J connectivity index is 2.00. The molecule has 0 saturated carbocycles. The number of nitrogens with zero attached hydrogens (tertiary/aromatic N) is 3. The Morgan fingerprint density at radius 2 is 1.78 bits per heavy atom. The molecule has 3 aromatic rings. The van der Waals surface area contributed by atoms with Crippen molar-refractivity contribution < 1.29 is 0 Å². The lowest BCUT2D eigenvalue weighted by atomic mass is 9.98. The Morgan fingerprint density at radius 1 is 0.944 bits per heavy atom. The van der Waals surface area contributed by atoms with Gasteiger partial charge in [-0.1, -0.05) is 24.3 Å². The van der Waals surface area contributed by atoms with E-state index in [1.54, 1.807) is 0 Å². The zero-order chi connectivity index (χ0) is 11.9. The molecule has 1 unspecified atom stereocenters. The van der Waals surface area contributed by atoms with Crippen LogP contribution in [0.1, 0.15) is 17.2 Å². The zero-order valence-electron chi connectivity index (χ0n) is 9.69. The lowest BCUT2D eigenvalue weighted by Crippen LogP contribution is -2.06. The van der Waals surface area contributed by atoms with E-state index < -0.39 is 0 Å². The summed E-state index contributed by atoms with van der Waals surface area (Å²) in [7, 11) is 0. The standard InChI is InChI=1S/C15H11N3/c1-2-4-13-12(3-1)14-9-17-10-18(14)15(13)11-5-7-16-8-6-11/h1-10,15H. The normalized spacial score (nSPS) is 16.3. The van der Waals surface area contributed by atoms with Gasteiger partial charge in [-0.15, -0.1) is 0 Å². The van der Waals surface area contributed by atoms with Crippen molar-refractivity contribution in [1.29, 1.82) is 0 Å². The van der Waals surface area contributed by atoms with Crippen LogP contribution in [0.15, 0.2) is 61.3 Å². The molecule has 0 bridgehead atoms. The molecule has 2 aromatic heterocycles. The summed E-state index contributed by atoms with van der Waals surface area (Å²) < 4.78 is 2.22. The first-order valence-corrected chi connectivity index (χ1v) is 5.96. The second-order valence-corrected chi connectivity index (χ2v) is 4.46. The minimum atomic E-state index is 0.224. The second kappa shape index (κ2) is 3.53. The van der Waals surface area contributed by atoms with Gasteiger partial charge in [0.1, 0.15) is 0 Å². The van der Waals surface area contributed by atoms with E-state index in [2.05, 4.69) is 50.9 Å². The fraction of sp³-hybridized carbons (Fsp3) is 0.0667. The van der Waals surface area contributed by atoms with Gasteiger partial charge in [0.15, 0.2) is 0 Å². The summed E-state index contributed by atoms with van der Waals surface area (Å²) in [4.78, 5) is 8.36. The van der Waals surface area contributed by atoms with Gasteiger partial charge in [0.05, 0.1) is 24.3 Å². The Hall–Kier alpha value is -2.42. The minimum Gasteiger partial charge on any atom is -0.319 e. The topological polar surface area (TPSA) is 30.7 Å². The van der Waals surface area contributed by atoms with Crippen LogP contribution in [0.2, 0.25) is 0 Å². The highest BCUT2D eigenvalue weighted by atomic mass is 15.1. The van der Waals surface area contributed by atoms with E-state index in [-0.39, 0.29) is 6.04 Å². The van der Waals surface area contributed by atoms with Crippen LogP contribution >= 0.6 is 0 Å². The van der Waals surface area contributed by atoms with E-state index in [4.69, 9.17) is 0 Å². The van der Waals surface area contributed by atoms with Gasteiger partial charge in [-0.05, 0) is 23.3 Å². The van der Waals surface area contributed by atoms with Crippen molar-refractivity contribution >= 4 is 0 Å². The number of aromatic nitrogens is 3. The number of fused-ring (bicyclic) bond motifs is 3. The second-order valence-electron chi connectivity index (χ2n) is 4.46. The van der Waals surface area contributed by atoms with E-state index in [0.29, 0.717) is 0 Å². The Labute approximate surface area is 105 Å². The van der Waals surface area contributed by atoms with Crippen molar-refractivity contribution in [3.63, 3.8) is 0 Å². The summed E-state index contributed by atoms with van der Waals surface area (Å²) in [5.41, 5.74) is 5.04. The highest BCUT2D eigenvalue weighted by Gasteiger charge is 2.28. The number of pyridine rings is 1. The van der Waals surface area contributed by atoms with E-state index in [1.165, 1.54) is 22.4 Å². The molecule has 4 rings (SSSR count). The molecule has 0 fully saturated rings. The molecule has 1 aliphatic rings. The molecule has 3 heteroatoms. The van der Waals surface area contributed by atoms with E-state index in [9.17, 15) is 0 Å². The largest absolute Gasteiger partial charge is 0.319 e. The van der Waals surface area contributed by atoms with E-state index in [0.717, 1.165) is 0 Å². The monoisotopic (exact) mass is 233 g/mol. The first kappa shape index (κ1) is 9.59. The fourth-order valence-corrected chi connectivity index (χ4v) is 2.72. The Morgan fingerprint density at radius 3 is 2.67 bits per heavy atom. The van der Waals surface area contributed by atoms with Crippen LogP contribution in [0.25, 0.3) is 11.3 Å². The lowest BCUT2D eigenvalue weighted by molar-refractivity contribution is 0.710. The quantitative estimate of drug-likeness (QED) is 0.506. The molecule has 0 N–H and O–H groups in total. The average Bonchev–Trinajstić information content (AvgIpc) is 2.99. The highest BCUT2D eigenvalue weighted by molar-refractivity contribution is 5.70. The summed E-state index contributed by atoms with van der Waals surface area (Å²) in [6.07, 6.45) is 7.51. The zero-order valence-corrected chi connectivity index (χ0v) is 9.69. The van der Waals surface area contributed by atoms with Gasteiger partial charge in [0.2, 0.25) is 0 Å². The van der Waals surface area contributed by atoms with Crippen LogP contribution in [0, 0.1) is 0 Å². The first-order valence-electron chi connectivity index (χ1n) is 5.96. The van der Waals surface area contributed by atoms with Crippen LogP contribution in [0.5, 0.6) is 0 Å². The summed E-state index contributed by atoms with van der Waals surface area (Å²) in [6, 6.07) is 12.9. The summed E-state index contributed by atoms with van der Waals surface area (Å²) in [5.74, 6) is 0. The van der Waals surface area contributed by atoms with Crippen LogP contribution in [-0.2, 0) is 0 Å². The molecule has 0 amide bonds. The van der Waals surface area contributed by atoms with E-state index >= 15 is 0 Å². The number of rotatable bonds is 1. The molecule has 18 heavy (non-hydrogen) atoms. The van der Waals surface area contributed by atoms with Crippen molar-refractivity contribution in [2.45, 2.75) is 6.04 Å². The van der Waals surface area contributed by atoms with Gasteiger partial charge in [0.25, 0.3) is 0 Å². The third-order valence-corrected chi connectivity index (χ3v) is 3.50. The third kappa shape index (κ3) is 1.19. The lowest BCUT2D eigenvalue weighted by Gasteiger charge is -2.14. The number of hydrogen-bond donors (Lipinski definition) is 0. The Kier molecular flexibility index (Phi) is 1.88. The molecule has 0 spiro atoms. The molecule has 0 radical (unpaired) electrons. The van der Waals surface area contributed by atoms with Crippen LogP contribution in [0.3, 0.4) is 0 Å². The molecule has 1 aliphatic heterocycles. The van der Waals surface area contributed by atoms with Gasteiger partial charge in [-0.2, -0.15) is 0 Å². The van der Waals surface area contributed by atoms with Crippen LogP contribution in [-0.4, -0.2) is 14.5 Å². The molecular weight excluding hydrogens is 222 g/mol. The number of hydrogen-bond acceptors (Lipinski definition) is 2. The number of imidazole rings is 1. The van der Waals surface area contributed by atoms with Gasteiger partial charge < -0.3 is 4.57 Å². The van der Waals surface area contributed by atoms with Gasteiger partial charge in [-0.3, -0.25) is 4.98 Å². The van der Waals surface area contributed by atoms with Crippen molar-refractivity contribution in [3.8, 4) is 11.3 Å². The molecule has 3 nitrogen and oxygen atoms in total. The highest BCUT2D eigenvalue weighted by Crippen LogP contribution is 2.41. The molecule has 1 aromatic carbocycles. The SMILES string of the molecule is c1ccc2c(c1)-c1cncn1C2c1ccncc1. The summed E-state index contributed by atoms with van der Waals surface area (Å²) >= 11 is 0. The predicted octanol–water partition coefficient (Wildman–Crippen LogP) is 2.90.